The largest absolute Gasteiger partial charge is 0.477 e. The van der Waals surface area contributed by atoms with Gasteiger partial charge in [-0.25, -0.2) is 4.79 Å². The van der Waals surface area contributed by atoms with Crippen molar-refractivity contribution in [3.8, 4) is 0 Å². The predicted octanol–water partition coefficient (Wildman–Crippen LogP) is -0.135. The number of hydrogen-bond donors (Lipinski definition) is 2. The van der Waals surface area contributed by atoms with Gasteiger partial charge in [-0.3, -0.25) is 4.79 Å². The summed E-state index contributed by atoms with van der Waals surface area (Å²) < 4.78 is 0. The van der Waals surface area contributed by atoms with Gasteiger partial charge >= 0.3 is 5.97 Å². The number of carboxylic acid groups (broad SMARTS) is 1. The van der Waals surface area contributed by atoms with Gasteiger partial charge in [0.15, 0.2) is 5.43 Å². The number of rotatable bonds is 1. The molecule has 0 spiro atoms. The van der Waals surface area contributed by atoms with E-state index in [4.69, 9.17) is 5.11 Å². The normalized spacial score (nSPS) is 9.08. The number of hydrogen-bond acceptors (Lipinski definition) is 2. The molecule has 1 rings (SSSR count). The smallest absolute Gasteiger partial charge is 0.341 e. The highest BCUT2D eigenvalue weighted by atomic mass is 16.4. The van der Waals surface area contributed by atoms with Crippen molar-refractivity contribution in [2.45, 2.75) is 13.8 Å². The zero-order valence-electron chi connectivity index (χ0n) is 7.34. The summed E-state index contributed by atoms with van der Waals surface area (Å²) in [5.74, 6) is -1.19. The molecule has 0 radical (unpaired) electrons. The first-order valence-corrected chi connectivity index (χ1v) is 3.46. The van der Waals surface area contributed by atoms with Crippen LogP contribution >= 0.6 is 0 Å². The lowest BCUT2D eigenvalue weighted by atomic mass is 10.2. The van der Waals surface area contributed by atoms with E-state index in [1.807, 2.05) is 0 Å². The molecule has 72 valence electrons. The van der Waals surface area contributed by atoms with Crippen LogP contribution in [0.15, 0.2) is 10.9 Å². The van der Waals surface area contributed by atoms with Gasteiger partial charge in [-0.05, 0) is 13.8 Å². The van der Waals surface area contributed by atoms with Gasteiger partial charge in [0.05, 0.1) is 0 Å². The molecule has 0 aliphatic carbocycles. The van der Waals surface area contributed by atoms with Crippen molar-refractivity contribution < 1.29 is 15.4 Å². The summed E-state index contributed by atoms with van der Waals surface area (Å²) in [6.07, 6.45) is 0. The van der Waals surface area contributed by atoms with Gasteiger partial charge in [-0.1, -0.05) is 0 Å². The van der Waals surface area contributed by atoms with E-state index >= 15 is 0 Å². The summed E-state index contributed by atoms with van der Waals surface area (Å²) in [6, 6.07) is 1.27. The Hall–Kier alpha value is -1.62. The molecule has 0 saturated heterocycles. The highest BCUT2D eigenvalue weighted by Crippen LogP contribution is 1.99. The molecular weight excluding hydrogens is 174 g/mol. The Labute approximate surface area is 74.3 Å². The average molecular weight is 185 g/mol. The lowest BCUT2D eigenvalue weighted by molar-refractivity contribution is 0.0694. The van der Waals surface area contributed by atoms with Crippen molar-refractivity contribution in [1.82, 2.24) is 4.98 Å². The van der Waals surface area contributed by atoms with E-state index in [2.05, 4.69) is 4.98 Å². The fraction of sp³-hybridized carbons (Fsp3) is 0.250. The summed E-state index contributed by atoms with van der Waals surface area (Å²) in [5, 5.41) is 8.62. The number of nitrogens with one attached hydrogen (secondary N) is 1. The number of H-pyrrole nitrogens is 1. The van der Waals surface area contributed by atoms with Gasteiger partial charge in [0.1, 0.15) is 5.56 Å². The molecule has 0 aliphatic heterocycles. The predicted molar refractivity (Wildman–Crippen MR) is 47.1 cm³/mol. The van der Waals surface area contributed by atoms with E-state index in [9.17, 15) is 9.59 Å². The minimum atomic E-state index is -1.19. The van der Waals surface area contributed by atoms with Crippen LogP contribution in [0.3, 0.4) is 0 Å². The Kier molecular flexibility index (Phi) is 3.38. The Morgan fingerprint density at radius 3 is 2.38 bits per heavy atom. The van der Waals surface area contributed by atoms with E-state index in [1.165, 1.54) is 6.07 Å². The number of aromatic carboxylic acids is 1. The highest BCUT2D eigenvalue weighted by molar-refractivity contribution is 5.88. The molecule has 1 aromatic heterocycles. The van der Waals surface area contributed by atoms with Crippen molar-refractivity contribution in [3.05, 3.63) is 33.2 Å². The van der Waals surface area contributed by atoms with Gasteiger partial charge in [0, 0.05) is 17.5 Å². The first kappa shape index (κ1) is 11.4. The Bertz CT molecular complexity index is 380. The van der Waals surface area contributed by atoms with Gasteiger partial charge in [-0.2, -0.15) is 0 Å². The van der Waals surface area contributed by atoms with E-state index in [-0.39, 0.29) is 11.0 Å². The topological polar surface area (TPSA) is 102 Å². The van der Waals surface area contributed by atoms with Crippen LogP contribution in [0.2, 0.25) is 0 Å². The number of carbonyl (C=O) groups is 1. The summed E-state index contributed by atoms with van der Waals surface area (Å²) in [5.41, 5.74) is 0.437. The molecule has 0 saturated carbocycles. The number of aromatic amines is 1. The van der Waals surface area contributed by atoms with Crippen LogP contribution in [-0.2, 0) is 0 Å². The Morgan fingerprint density at radius 1 is 1.46 bits per heavy atom. The van der Waals surface area contributed by atoms with Crippen molar-refractivity contribution in [1.29, 1.82) is 0 Å². The van der Waals surface area contributed by atoms with Crippen molar-refractivity contribution >= 4 is 5.97 Å². The zero-order valence-corrected chi connectivity index (χ0v) is 7.34. The molecule has 1 aromatic rings. The number of aromatic nitrogens is 1. The summed E-state index contributed by atoms with van der Waals surface area (Å²) in [6.45, 7) is 3.28. The van der Waals surface area contributed by atoms with Gasteiger partial charge < -0.3 is 15.6 Å². The highest BCUT2D eigenvalue weighted by Gasteiger charge is 2.11. The second-order valence-electron chi connectivity index (χ2n) is 2.62. The van der Waals surface area contributed by atoms with Gasteiger partial charge in [0.2, 0.25) is 0 Å². The average Bonchev–Trinajstić information content (AvgIpc) is 1.82. The molecule has 0 atom stereocenters. The first-order valence-electron chi connectivity index (χ1n) is 3.46. The fourth-order valence-corrected chi connectivity index (χ4v) is 1.11. The third-order valence-electron chi connectivity index (χ3n) is 1.57. The molecule has 13 heavy (non-hydrogen) atoms. The lowest BCUT2D eigenvalue weighted by Gasteiger charge is -2.00. The van der Waals surface area contributed by atoms with E-state index < -0.39 is 11.4 Å². The minimum Gasteiger partial charge on any atom is -0.477 e. The number of aryl methyl sites for hydroxylation is 2. The van der Waals surface area contributed by atoms with Crippen LogP contribution in [0.5, 0.6) is 0 Å². The SMILES string of the molecule is Cc1cc(=O)c(C(=O)O)c(C)[nH]1.O. The van der Waals surface area contributed by atoms with E-state index in [1.54, 1.807) is 13.8 Å². The second-order valence-corrected chi connectivity index (χ2v) is 2.62. The lowest BCUT2D eigenvalue weighted by Crippen LogP contribution is -2.17. The van der Waals surface area contributed by atoms with Gasteiger partial charge in [-0.15, -0.1) is 0 Å². The molecule has 0 aliphatic rings. The Balaban J connectivity index is 0.00000144. The van der Waals surface area contributed by atoms with Crippen molar-refractivity contribution in [3.63, 3.8) is 0 Å². The maximum atomic E-state index is 11.1. The second kappa shape index (κ2) is 3.86. The molecule has 0 unspecified atom stereocenters. The van der Waals surface area contributed by atoms with Crippen LogP contribution in [0.25, 0.3) is 0 Å². The summed E-state index contributed by atoms with van der Waals surface area (Å²) >= 11 is 0. The standard InChI is InChI=1S/C8H9NO3.H2O/c1-4-3-6(10)7(8(11)12)5(2)9-4;/h3H,1-2H3,(H,9,10)(H,11,12);1H2. The number of pyridine rings is 1. The monoisotopic (exact) mass is 185 g/mol. The molecule has 5 nitrogen and oxygen atoms in total. The molecule has 4 N–H and O–H groups in total. The summed E-state index contributed by atoms with van der Waals surface area (Å²) in [7, 11) is 0. The molecule has 0 bridgehead atoms. The van der Waals surface area contributed by atoms with Crippen molar-refractivity contribution in [2.75, 3.05) is 0 Å². The molecular formula is C8H11NO4. The third kappa shape index (κ3) is 2.16. The molecule has 0 fully saturated rings. The molecule has 5 heteroatoms. The van der Waals surface area contributed by atoms with E-state index in [0.717, 1.165) is 0 Å². The van der Waals surface area contributed by atoms with Crippen LogP contribution in [0, 0.1) is 13.8 Å². The minimum absolute atomic E-state index is 0. The maximum absolute atomic E-state index is 11.1. The van der Waals surface area contributed by atoms with Crippen molar-refractivity contribution in [2.24, 2.45) is 0 Å². The van der Waals surface area contributed by atoms with E-state index in [0.29, 0.717) is 11.4 Å². The maximum Gasteiger partial charge on any atom is 0.341 e. The summed E-state index contributed by atoms with van der Waals surface area (Å²) in [4.78, 5) is 24.4. The molecule has 0 amide bonds. The van der Waals surface area contributed by atoms with Crippen LogP contribution in [0.4, 0.5) is 0 Å². The van der Waals surface area contributed by atoms with Crippen LogP contribution in [-0.4, -0.2) is 21.5 Å². The van der Waals surface area contributed by atoms with Crippen LogP contribution in [0.1, 0.15) is 21.7 Å². The van der Waals surface area contributed by atoms with Crippen LogP contribution < -0.4 is 5.43 Å². The first-order chi connectivity index (χ1) is 5.52. The molecule has 1 heterocycles. The number of carboxylic acids is 1. The fourth-order valence-electron chi connectivity index (χ4n) is 1.11. The van der Waals surface area contributed by atoms with Gasteiger partial charge in [0.25, 0.3) is 0 Å². The zero-order chi connectivity index (χ0) is 9.30. The quantitative estimate of drug-likeness (QED) is 0.636. The third-order valence-corrected chi connectivity index (χ3v) is 1.57. The molecule has 0 aromatic carbocycles. The Morgan fingerprint density at radius 2 is 2.00 bits per heavy atom.